The van der Waals surface area contributed by atoms with Crippen molar-refractivity contribution in [1.82, 2.24) is 10.2 Å². The minimum atomic E-state index is -0.111. The first-order valence-corrected chi connectivity index (χ1v) is 6.74. The number of hydrogen-bond donors (Lipinski definition) is 3. The van der Waals surface area contributed by atoms with Crippen LogP contribution in [0.25, 0.3) is 0 Å². The minimum Gasteiger partial charge on any atom is -0.326 e. The Hall–Kier alpha value is -1.92. The van der Waals surface area contributed by atoms with Crippen molar-refractivity contribution in [3.63, 3.8) is 0 Å². The number of anilines is 2. The number of amides is 2. The zero-order valence-electron chi connectivity index (χ0n) is 11.6. The monoisotopic (exact) mass is 276 g/mol. The fourth-order valence-electron chi connectivity index (χ4n) is 2.11. The number of rotatable bonds is 4. The molecule has 1 heterocycles. The second-order valence-corrected chi connectivity index (χ2v) is 4.83. The fourth-order valence-corrected chi connectivity index (χ4v) is 2.11. The topological polar surface area (TPSA) is 73.5 Å². The highest BCUT2D eigenvalue weighted by Gasteiger charge is 2.13. The molecule has 0 spiro atoms. The Balaban J connectivity index is 1.82. The summed E-state index contributed by atoms with van der Waals surface area (Å²) in [6, 6.07) is 7.09. The molecule has 0 radical (unpaired) electrons. The highest BCUT2D eigenvalue weighted by atomic mass is 16.2. The molecule has 0 atom stereocenters. The summed E-state index contributed by atoms with van der Waals surface area (Å²) in [6.45, 7) is 5.53. The van der Waals surface area contributed by atoms with Gasteiger partial charge in [-0.05, 0) is 24.3 Å². The summed E-state index contributed by atoms with van der Waals surface area (Å²) in [7, 11) is 0. The second-order valence-electron chi connectivity index (χ2n) is 4.83. The van der Waals surface area contributed by atoms with Gasteiger partial charge in [-0.1, -0.05) is 0 Å². The molecule has 1 aromatic rings. The van der Waals surface area contributed by atoms with Crippen molar-refractivity contribution >= 4 is 23.2 Å². The van der Waals surface area contributed by atoms with E-state index in [0.29, 0.717) is 6.54 Å². The Morgan fingerprint density at radius 1 is 1.10 bits per heavy atom. The first-order valence-electron chi connectivity index (χ1n) is 6.74. The van der Waals surface area contributed by atoms with Gasteiger partial charge in [-0.3, -0.25) is 14.5 Å². The van der Waals surface area contributed by atoms with Crippen LogP contribution in [0.1, 0.15) is 6.92 Å². The highest BCUT2D eigenvalue weighted by Crippen LogP contribution is 2.13. The molecule has 6 heteroatoms. The molecule has 0 unspecified atom stereocenters. The first kappa shape index (κ1) is 14.5. The number of carbonyl (C=O) groups excluding carboxylic acids is 2. The van der Waals surface area contributed by atoms with E-state index in [2.05, 4.69) is 20.9 Å². The van der Waals surface area contributed by atoms with E-state index in [9.17, 15) is 9.59 Å². The van der Waals surface area contributed by atoms with Crippen molar-refractivity contribution in [2.75, 3.05) is 43.4 Å². The number of carbonyl (C=O) groups is 2. The van der Waals surface area contributed by atoms with E-state index < -0.39 is 0 Å². The van der Waals surface area contributed by atoms with Crippen LogP contribution in [-0.2, 0) is 9.59 Å². The first-order chi connectivity index (χ1) is 9.63. The van der Waals surface area contributed by atoms with Crippen LogP contribution in [0.3, 0.4) is 0 Å². The van der Waals surface area contributed by atoms with Gasteiger partial charge in [-0.15, -0.1) is 0 Å². The normalized spacial score (nSPS) is 15.7. The van der Waals surface area contributed by atoms with Crippen molar-refractivity contribution in [3.05, 3.63) is 24.3 Å². The lowest BCUT2D eigenvalue weighted by Gasteiger charge is -2.26. The van der Waals surface area contributed by atoms with Crippen LogP contribution in [0, 0.1) is 0 Å². The maximum absolute atomic E-state index is 11.9. The number of hydrogen-bond acceptors (Lipinski definition) is 4. The standard InChI is InChI=1S/C14H20N4O2/c1-11(19)16-12-2-4-13(5-3-12)17-14(20)10-18-8-6-15-7-9-18/h2-5,15H,6-10H2,1H3,(H,16,19)(H,17,20). The van der Waals surface area contributed by atoms with Crippen molar-refractivity contribution < 1.29 is 9.59 Å². The van der Waals surface area contributed by atoms with Crippen LogP contribution in [0.2, 0.25) is 0 Å². The van der Waals surface area contributed by atoms with Crippen LogP contribution < -0.4 is 16.0 Å². The van der Waals surface area contributed by atoms with Gasteiger partial charge >= 0.3 is 0 Å². The Morgan fingerprint density at radius 2 is 1.65 bits per heavy atom. The molecular formula is C14H20N4O2. The van der Waals surface area contributed by atoms with Gasteiger partial charge in [0.05, 0.1) is 6.54 Å². The third-order valence-electron chi connectivity index (χ3n) is 3.07. The molecule has 108 valence electrons. The Kier molecular flexibility index (Phi) is 5.09. The van der Waals surface area contributed by atoms with Gasteiger partial charge in [0.15, 0.2) is 0 Å². The molecule has 0 aromatic heterocycles. The number of benzene rings is 1. The van der Waals surface area contributed by atoms with Crippen molar-refractivity contribution in [1.29, 1.82) is 0 Å². The van der Waals surface area contributed by atoms with E-state index in [1.54, 1.807) is 24.3 Å². The van der Waals surface area contributed by atoms with Crippen LogP contribution in [0.15, 0.2) is 24.3 Å². The molecule has 1 aliphatic heterocycles. The average Bonchev–Trinajstić information content (AvgIpc) is 2.41. The van der Waals surface area contributed by atoms with Crippen LogP contribution in [-0.4, -0.2) is 49.4 Å². The summed E-state index contributed by atoms with van der Waals surface area (Å²) in [4.78, 5) is 24.9. The number of nitrogens with one attached hydrogen (secondary N) is 3. The van der Waals surface area contributed by atoms with Gasteiger partial charge in [-0.2, -0.15) is 0 Å². The van der Waals surface area contributed by atoms with E-state index in [-0.39, 0.29) is 11.8 Å². The molecule has 2 amide bonds. The molecule has 3 N–H and O–H groups in total. The molecule has 1 saturated heterocycles. The number of piperazine rings is 1. The van der Waals surface area contributed by atoms with Gasteiger partial charge in [0, 0.05) is 44.5 Å². The summed E-state index contributed by atoms with van der Waals surface area (Å²) in [5, 5.41) is 8.79. The number of nitrogens with zero attached hydrogens (tertiary/aromatic N) is 1. The largest absolute Gasteiger partial charge is 0.326 e. The summed E-state index contributed by atoms with van der Waals surface area (Å²) in [5.74, 6) is -0.125. The van der Waals surface area contributed by atoms with Gasteiger partial charge in [0.2, 0.25) is 11.8 Å². The summed E-state index contributed by atoms with van der Waals surface area (Å²) in [6.07, 6.45) is 0. The van der Waals surface area contributed by atoms with Crippen molar-refractivity contribution in [2.45, 2.75) is 6.92 Å². The predicted octanol–water partition coefficient (Wildman–Crippen LogP) is 0.489. The highest BCUT2D eigenvalue weighted by molar-refractivity contribution is 5.93. The maximum Gasteiger partial charge on any atom is 0.238 e. The average molecular weight is 276 g/mol. The van der Waals surface area contributed by atoms with Crippen LogP contribution >= 0.6 is 0 Å². The Morgan fingerprint density at radius 3 is 2.20 bits per heavy atom. The zero-order chi connectivity index (χ0) is 14.4. The molecule has 6 nitrogen and oxygen atoms in total. The maximum atomic E-state index is 11.9. The molecular weight excluding hydrogens is 256 g/mol. The molecule has 1 fully saturated rings. The summed E-state index contributed by atoms with van der Waals surface area (Å²) >= 11 is 0. The minimum absolute atomic E-state index is 0.0147. The van der Waals surface area contributed by atoms with Crippen molar-refractivity contribution in [2.24, 2.45) is 0 Å². The van der Waals surface area contributed by atoms with Crippen LogP contribution in [0.5, 0.6) is 0 Å². The molecule has 1 aromatic carbocycles. The fraction of sp³-hybridized carbons (Fsp3) is 0.429. The molecule has 0 aliphatic carbocycles. The summed E-state index contributed by atoms with van der Waals surface area (Å²) in [5.41, 5.74) is 1.46. The van der Waals surface area contributed by atoms with E-state index in [4.69, 9.17) is 0 Å². The third kappa shape index (κ3) is 4.64. The van der Waals surface area contributed by atoms with Gasteiger partial charge in [0.1, 0.15) is 0 Å². The van der Waals surface area contributed by atoms with Crippen LogP contribution in [0.4, 0.5) is 11.4 Å². The van der Waals surface area contributed by atoms with Gasteiger partial charge in [0.25, 0.3) is 0 Å². The quantitative estimate of drug-likeness (QED) is 0.748. The molecule has 2 rings (SSSR count). The Labute approximate surface area is 118 Å². The zero-order valence-corrected chi connectivity index (χ0v) is 11.6. The van der Waals surface area contributed by atoms with E-state index in [1.807, 2.05) is 0 Å². The van der Waals surface area contributed by atoms with Gasteiger partial charge in [-0.25, -0.2) is 0 Å². The van der Waals surface area contributed by atoms with E-state index >= 15 is 0 Å². The van der Waals surface area contributed by atoms with E-state index in [1.165, 1.54) is 6.92 Å². The Bertz CT molecular complexity index is 467. The smallest absolute Gasteiger partial charge is 0.238 e. The molecule has 20 heavy (non-hydrogen) atoms. The second kappa shape index (κ2) is 7.02. The third-order valence-corrected chi connectivity index (χ3v) is 3.07. The predicted molar refractivity (Wildman–Crippen MR) is 78.7 cm³/mol. The molecule has 0 bridgehead atoms. The van der Waals surface area contributed by atoms with E-state index in [0.717, 1.165) is 37.6 Å². The SMILES string of the molecule is CC(=O)Nc1ccc(NC(=O)CN2CCNCC2)cc1. The lowest BCUT2D eigenvalue weighted by atomic mass is 10.2. The lowest BCUT2D eigenvalue weighted by Crippen LogP contribution is -2.46. The van der Waals surface area contributed by atoms with Gasteiger partial charge < -0.3 is 16.0 Å². The molecule has 1 aliphatic rings. The summed E-state index contributed by atoms with van der Waals surface area (Å²) < 4.78 is 0. The lowest BCUT2D eigenvalue weighted by molar-refractivity contribution is -0.117. The van der Waals surface area contributed by atoms with Crippen molar-refractivity contribution in [3.8, 4) is 0 Å². The molecule has 0 saturated carbocycles.